The van der Waals surface area contributed by atoms with Crippen molar-refractivity contribution in [3.05, 3.63) is 17.4 Å². The molecule has 1 rings (SSSR count). The predicted molar refractivity (Wildman–Crippen MR) is 68.8 cm³/mol. The van der Waals surface area contributed by atoms with Gasteiger partial charge in [-0.05, 0) is 19.4 Å². The van der Waals surface area contributed by atoms with Crippen LogP contribution in [0.1, 0.15) is 39.5 Å². The number of aromatic nitrogens is 2. The highest BCUT2D eigenvalue weighted by atomic mass is 35.5. The van der Waals surface area contributed by atoms with Gasteiger partial charge in [-0.3, -0.25) is 4.68 Å². The Morgan fingerprint density at radius 1 is 1.31 bits per heavy atom. The molecule has 0 amide bonds. The Kier molecular flexibility index (Phi) is 6.50. The number of halogens is 1. The molecule has 1 N–H and O–H groups in total. The second-order valence-corrected chi connectivity index (χ2v) is 4.88. The second-order valence-electron chi connectivity index (χ2n) is 4.44. The summed E-state index contributed by atoms with van der Waals surface area (Å²) in [6, 6.07) is 0.603. The number of nitrogens with zero attached hydrogens (tertiary/aromatic N) is 2. The fraction of sp³-hybridized carbons (Fsp3) is 0.750. The molecular formula is C12H22ClN3. The van der Waals surface area contributed by atoms with Crippen LogP contribution in [0, 0.1) is 0 Å². The minimum atomic E-state index is 0.603. The number of rotatable bonds is 8. The van der Waals surface area contributed by atoms with Gasteiger partial charge in [-0.25, -0.2) is 0 Å². The van der Waals surface area contributed by atoms with E-state index in [2.05, 4.69) is 24.3 Å². The van der Waals surface area contributed by atoms with E-state index < -0.39 is 0 Å². The molecule has 0 radical (unpaired) electrons. The average Bonchev–Trinajstić information content (AvgIpc) is 2.62. The molecule has 0 atom stereocenters. The lowest BCUT2D eigenvalue weighted by Crippen LogP contribution is -2.23. The van der Waals surface area contributed by atoms with Crippen LogP contribution in [-0.2, 0) is 6.54 Å². The van der Waals surface area contributed by atoms with Crippen LogP contribution < -0.4 is 5.32 Å². The van der Waals surface area contributed by atoms with Crippen molar-refractivity contribution >= 4 is 11.6 Å². The molecule has 0 spiro atoms. The summed E-state index contributed by atoms with van der Waals surface area (Å²) in [6.45, 7) is 6.47. The third-order valence-corrected chi connectivity index (χ3v) is 2.66. The molecular weight excluding hydrogens is 222 g/mol. The van der Waals surface area contributed by atoms with Crippen LogP contribution in [0.25, 0.3) is 0 Å². The maximum atomic E-state index is 5.78. The fourth-order valence-corrected chi connectivity index (χ4v) is 1.76. The molecule has 1 heterocycles. The average molecular weight is 244 g/mol. The van der Waals surface area contributed by atoms with Crippen LogP contribution in [0.15, 0.2) is 12.4 Å². The summed E-state index contributed by atoms with van der Waals surface area (Å²) in [5, 5.41) is 8.29. The normalized spacial score (nSPS) is 11.2. The monoisotopic (exact) mass is 243 g/mol. The van der Waals surface area contributed by atoms with E-state index in [4.69, 9.17) is 11.6 Å². The van der Waals surface area contributed by atoms with Gasteiger partial charge in [-0.1, -0.05) is 38.3 Å². The van der Waals surface area contributed by atoms with Gasteiger partial charge in [-0.2, -0.15) is 5.10 Å². The standard InChI is InChI=1S/C12H22ClN3/c1-11(2)14-7-5-3-4-6-8-16-10-12(13)9-15-16/h9-11,14H,3-8H2,1-2H3. The molecule has 0 aliphatic rings. The topological polar surface area (TPSA) is 29.9 Å². The molecule has 3 nitrogen and oxygen atoms in total. The zero-order valence-corrected chi connectivity index (χ0v) is 11.0. The SMILES string of the molecule is CC(C)NCCCCCCn1cc(Cl)cn1. The Morgan fingerprint density at radius 3 is 2.69 bits per heavy atom. The third kappa shape index (κ3) is 6.13. The highest BCUT2D eigenvalue weighted by Gasteiger charge is 1.96. The van der Waals surface area contributed by atoms with Crippen LogP contribution in [0.5, 0.6) is 0 Å². The highest BCUT2D eigenvalue weighted by molar-refractivity contribution is 6.30. The van der Waals surface area contributed by atoms with Gasteiger partial charge in [-0.15, -0.1) is 0 Å². The number of unbranched alkanes of at least 4 members (excludes halogenated alkanes) is 3. The van der Waals surface area contributed by atoms with E-state index in [9.17, 15) is 0 Å². The van der Waals surface area contributed by atoms with Crippen LogP contribution in [-0.4, -0.2) is 22.4 Å². The van der Waals surface area contributed by atoms with Crippen molar-refractivity contribution in [2.45, 2.75) is 52.1 Å². The van der Waals surface area contributed by atoms with E-state index in [1.54, 1.807) is 6.20 Å². The summed E-state index contributed by atoms with van der Waals surface area (Å²) in [5.41, 5.74) is 0. The van der Waals surface area contributed by atoms with E-state index in [1.165, 1.54) is 25.7 Å². The van der Waals surface area contributed by atoms with Crippen molar-refractivity contribution in [1.82, 2.24) is 15.1 Å². The number of aryl methyl sites for hydroxylation is 1. The van der Waals surface area contributed by atoms with Crippen molar-refractivity contribution in [2.24, 2.45) is 0 Å². The minimum Gasteiger partial charge on any atom is -0.315 e. The largest absolute Gasteiger partial charge is 0.315 e. The molecule has 0 saturated heterocycles. The first-order valence-electron chi connectivity index (χ1n) is 6.10. The summed E-state index contributed by atoms with van der Waals surface area (Å²) < 4.78 is 1.91. The van der Waals surface area contributed by atoms with Crippen molar-refractivity contribution < 1.29 is 0 Å². The Bertz CT molecular complexity index is 284. The van der Waals surface area contributed by atoms with Gasteiger partial charge in [0.15, 0.2) is 0 Å². The molecule has 0 unspecified atom stereocenters. The van der Waals surface area contributed by atoms with Gasteiger partial charge >= 0.3 is 0 Å². The van der Waals surface area contributed by atoms with E-state index >= 15 is 0 Å². The van der Waals surface area contributed by atoms with Crippen molar-refractivity contribution in [2.75, 3.05) is 6.54 Å². The fourth-order valence-electron chi connectivity index (χ4n) is 1.60. The molecule has 0 aliphatic carbocycles. The molecule has 4 heteroatoms. The predicted octanol–water partition coefficient (Wildman–Crippen LogP) is 3.09. The molecule has 0 bridgehead atoms. The maximum Gasteiger partial charge on any atom is 0.0785 e. The van der Waals surface area contributed by atoms with Gasteiger partial charge in [0.1, 0.15) is 0 Å². The van der Waals surface area contributed by atoms with Crippen LogP contribution in [0.2, 0.25) is 5.02 Å². The Hall–Kier alpha value is -0.540. The van der Waals surface area contributed by atoms with Gasteiger partial charge < -0.3 is 5.32 Å². The lowest BCUT2D eigenvalue weighted by molar-refractivity contribution is 0.510. The smallest absolute Gasteiger partial charge is 0.0785 e. The molecule has 0 aliphatic heterocycles. The molecule has 0 saturated carbocycles. The Morgan fingerprint density at radius 2 is 2.06 bits per heavy atom. The van der Waals surface area contributed by atoms with Gasteiger partial charge in [0.2, 0.25) is 0 Å². The highest BCUT2D eigenvalue weighted by Crippen LogP contribution is 2.07. The van der Waals surface area contributed by atoms with Crippen LogP contribution in [0.3, 0.4) is 0 Å². The maximum absolute atomic E-state index is 5.78. The molecule has 0 aromatic carbocycles. The molecule has 92 valence electrons. The number of nitrogens with one attached hydrogen (secondary N) is 1. The van der Waals surface area contributed by atoms with E-state index in [1.807, 2.05) is 10.9 Å². The summed E-state index contributed by atoms with van der Waals surface area (Å²) >= 11 is 5.78. The first kappa shape index (κ1) is 13.5. The number of hydrogen-bond donors (Lipinski definition) is 1. The van der Waals surface area contributed by atoms with E-state index in [0.29, 0.717) is 6.04 Å². The van der Waals surface area contributed by atoms with Crippen molar-refractivity contribution in [1.29, 1.82) is 0 Å². The van der Waals surface area contributed by atoms with Crippen molar-refractivity contribution in [3.8, 4) is 0 Å². The van der Waals surface area contributed by atoms with Crippen LogP contribution in [0.4, 0.5) is 0 Å². The third-order valence-electron chi connectivity index (χ3n) is 2.47. The van der Waals surface area contributed by atoms with Gasteiger partial charge in [0.05, 0.1) is 11.2 Å². The van der Waals surface area contributed by atoms with Gasteiger partial charge in [0, 0.05) is 18.8 Å². The summed E-state index contributed by atoms with van der Waals surface area (Å²) in [5.74, 6) is 0. The summed E-state index contributed by atoms with van der Waals surface area (Å²) in [6.07, 6.45) is 8.56. The lowest BCUT2D eigenvalue weighted by atomic mass is 10.2. The quantitative estimate of drug-likeness (QED) is 0.711. The minimum absolute atomic E-state index is 0.603. The lowest BCUT2D eigenvalue weighted by Gasteiger charge is -2.07. The molecule has 16 heavy (non-hydrogen) atoms. The van der Waals surface area contributed by atoms with Crippen LogP contribution >= 0.6 is 11.6 Å². The van der Waals surface area contributed by atoms with E-state index in [0.717, 1.165) is 18.1 Å². The zero-order chi connectivity index (χ0) is 11.8. The first-order chi connectivity index (χ1) is 7.68. The number of hydrogen-bond acceptors (Lipinski definition) is 2. The summed E-state index contributed by atoms with van der Waals surface area (Å²) in [7, 11) is 0. The summed E-state index contributed by atoms with van der Waals surface area (Å²) in [4.78, 5) is 0. The zero-order valence-electron chi connectivity index (χ0n) is 10.2. The first-order valence-corrected chi connectivity index (χ1v) is 6.47. The molecule has 1 aromatic rings. The molecule has 0 fully saturated rings. The van der Waals surface area contributed by atoms with Gasteiger partial charge in [0.25, 0.3) is 0 Å². The Labute approximate surface area is 103 Å². The van der Waals surface area contributed by atoms with Crippen molar-refractivity contribution in [3.63, 3.8) is 0 Å². The Balaban J connectivity index is 1.92. The molecule has 1 aromatic heterocycles. The van der Waals surface area contributed by atoms with E-state index in [-0.39, 0.29) is 0 Å². The second kappa shape index (κ2) is 7.69.